The third-order valence-corrected chi connectivity index (χ3v) is 4.84. The maximum atomic E-state index is 6.04. The van der Waals surface area contributed by atoms with Crippen molar-refractivity contribution in [3.63, 3.8) is 0 Å². The minimum absolute atomic E-state index is 0.505. The van der Waals surface area contributed by atoms with Crippen molar-refractivity contribution in [2.75, 3.05) is 13.2 Å². The highest BCUT2D eigenvalue weighted by atomic mass is 79.9. The number of nitrogens with one attached hydrogen (secondary N) is 1. The van der Waals surface area contributed by atoms with Gasteiger partial charge in [-0.25, -0.2) is 4.98 Å². The molecule has 5 nitrogen and oxygen atoms in total. The lowest BCUT2D eigenvalue weighted by Gasteiger charge is -2.16. The Balaban J connectivity index is 1.56. The molecule has 0 aliphatic heterocycles. The van der Waals surface area contributed by atoms with E-state index in [1.54, 1.807) is 0 Å². The molecule has 6 heteroatoms. The fraction of sp³-hybridized carbons (Fsp3) is 0.318. The average molecular weight is 444 g/mol. The van der Waals surface area contributed by atoms with Gasteiger partial charge in [-0.2, -0.15) is 0 Å². The summed E-state index contributed by atoms with van der Waals surface area (Å²) < 4.78 is 14.9. The summed E-state index contributed by atoms with van der Waals surface area (Å²) in [5.41, 5.74) is 2.28. The molecular weight excluding hydrogens is 418 g/mol. The predicted molar refractivity (Wildman–Crippen MR) is 115 cm³/mol. The zero-order valence-corrected chi connectivity index (χ0v) is 17.7. The summed E-state index contributed by atoms with van der Waals surface area (Å²) in [6.07, 6.45) is 6.69. The van der Waals surface area contributed by atoms with Crippen LogP contribution in [0.2, 0.25) is 0 Å². The fourth-order valence-corrected chi connectivity index (χ4v) is 3.50. The van der Waals surface area contributed by atoms with Crippen molar-refractivity contribution >= 4 is 15.9 Å². The SMILES string of the molecule is CCOc1cc(CNCCCn2ccnc2)cc(Br)c1OCc1ccccc1. The number of imidazole rings is 1. The number of ether oxygens (including phenoxy) is 2. The van der Waals surface area contributed by atoms with E-state index in [0.29, 0.717) is 13.2 Å². The molecule has 0 aliphatic carbocycles. The number of rotatable bonds is 11. The second-order valence-corrected chi connectivity index (χ2v) is 7.30. The Bertz CT molecular complexity index is 838. The number of nitrogens with zero attached hydrogens (tertiary/aromatic N) is 2. The molecule has 28 heavy (non-hydrogen) atoms. The van der Waals surface area contributed by atoms with E-state index in [9.17, 15) is 0 Å². The Morgan fingerprint density at radius 3 is 2.71 bits per heavy atom. The van der Waals surface area contributed by atoms with Crippen molar-refractivity contribution in [2.45, 2.75) is 33.0 Å². The van der Waals surface area contributed by atoms with E-state index in [0.717, 1.165) is 53.2 Å². The van der Waals surface area contributed by atoms with Crippen molar-refractivity contribution in [1.82, 2.24) is 14.9 Å². The summed E-state index contributed by atoms with van der Waals surface area (Å²) in [6.45, 7) is 5.76. The summed E-state index contributed by atoms with van der Waals surface area (Å²) in [4.78, 5) is 4.06. The molecule has 2 aromatic carbocycles. The molecule has 0 unspecified atom stereocenters. The highest BCUT2D eigenvalue weighted by molar-refractivity contribution is 9.10. The lowest BCUT2D eigenvalue weighted by atomic mass is 10.2. The molecule has 0 radical (unpaired) electrons. The number of hydrogen-bond donors (Lipinski definition) is 1. The molecule has 0 amide bonds. The number of aromatic nitrogens is 2. The highest BCUT2D eigenvalue weighted by Crippen LogP contribution is 2.37. The van der Waals surface area contributed by atoms with Crippen LogP contribution in [0.3, 0.4) is 0 Å². The summed E-state index contributed by atoms with van der Waals surface area (Å²) >= 11 is 3.65. The molecule has 1 N–H and O–H groups in total. The molecule has 0 spiro atoms. The number of aryl methyl sites for hydroxylation is 1. The van der Waals surface area contributed by atoms with E-state index in [-0.39, 0.29) is 0 Å². The lowest BCUT2D eigenvalue weighted by Crippen LogP contribution is -2.16. The first-order chi connectivity index (χ1) is 13.8. The van der Waals surface area contributed by atoms with Crippen LogP contribution in [0.4, 0.5) is 0 Å². The van der Waals surface area contributed by atoms with E-state index in [4.69, 9.17) is 9.47 Å². The van der Waals surface area contributed by atoms with Crippen LogP contribution in [0.15, 0.2) is 65.7 Å². The van der Waals surface area contributed by atoms with Crippen molar-refractivity contribution in [3.05, 3.63) is 76.8 Å². The third kappa shape index (κ3) is 6.11. The molecule has 0 aliphatic rings. The van der Waals surface area contributed by atoms with Gasteiger partial charge in [-0.15, -0.1) is 0 Å². The van der Waals surface area contributed by atoms with Crippen LogP contribution in [-0.4, -0.2) is 22.7 Å². The fourth-order valence-electron chi connectivity index (χ4n) is 2.89. The van der Waals surface area contributed by atoms with Gasteiger partial charge < -0.3 is 19.4 Å². The van der Waals surface area contributed by atoms with Crippen molar-refractivity contribution in [1.29, 1.82) is 0 Å². The van der Waals surface area contributed by atoms with Crippen LogP contribution in [0.25, 0.3) is 0 Å². The predicted octanol–water partition coefficient (Wildman–Crippen LogP) is 4.80. The molecule has 0 fully saturated rings. The standard InChI is InChI=1S/C22H26BrN3O2/c1-2-27-21-14-19(15-24-9-6-11-26-12-10-25-17-26)13-20(23)22(21)28-16-18-7-4-3-5-8-18/h3-5,7-8,10,12-14,17,24H,2,6,9,11,15-16H2,1H3. The molecule has 0 bridgehead atoms. The second kappa shape index (κ2) is 10.9. The first-order valence-electron chi connectivity index (χ1n) is 9.54. The van der Waals surface area contributed by atoms with Crippen LogP contribution < -0.4 is 14.8 Å². The van der Waals surface area contributed by atoms with Gasteiger partial charge in [0.1, 0.15) is 6.61 Å². The van der Waals surface area contributed by atoms with Gasteiger partial charge >= 0.3 is 0 Å². The Morgan fingerprint density at radius 2 is 1.96 bits per heavy atom. The molecule has 3 aromatic rings. The minimum Gasteiger partial charge on any atom is -0.490 e. The molecule has 148 valence electrons. The van der Waals surface area contributed by atoms with Crippen LogP contribution in [-0.2, 0) is 19.7 Å². The first-order valence-corrected chi connectivity index (χ1v) is 10.3. The number of halogens is 1. The molecule has 0 saturated heterocycles. The van der Waals surface area contributed by atoms with Crippen LogP contribution in [0.5, 0.6) is 11.5 Å². The largest absolute Gasteiger partial charge is 0.490 e. The molecular formula is C22H26BrN3O2. The van der Waals surface area contributed by atoms with Gasteiger partial charge in [0.15, 0.2) is 11.5 Å². The van der Waals surface area contributed by atoms with E-state index in [2.05, 4.69) is 55.1 Å². The monoisotopic (exact) mass is 443 g/mol. The summed E-state index contributed by atoms with van der Waals surface area (Å²) in [7, 11) is 0. The number of hydrogen-bond acceptors (Lipinski definition) is 4. The smallest absolute Gasteiger partial charge is 0.175 e. The van der Waals surface area contributed by atoms with Gasteiger partial charge in [-0.3, -0.25) is 0 Å². The molecule has 0 saturated carbocycles. The van der Waals surface area contributed by atoms with Crippen LogP contribution in [0, 0.1) is 0 Å². The van der Waals surface area contributed by atoms with Crippen molar-refractivity contribution in [3.8, 4) is 11.5 Å². The second-order valence-electron chi connectivity index (χ2n) is 6.44. The molecule has 3 rings (SSSR count). The van der Waals surface area contributed by atoms with Crippen LogP contribution in [0.1, 0.15) is 24.5 Å². The van der Waals surface area contributed by atoms with Crippen molar-refractivity contribution < 1.29 is 9.47 Å². The molecule has 1 heterocycles. The topological polar surface area (TPSA) is 48.3 Å². The Kier molecular flexibility index (Phi) is 7.94. The normalized spacial score (nSPS) is 10.8. The van der Waals surface area contributed by atoms with Gasteiger partial charge in [0.25, 0.3) is 0 Å². The Labute approximate surface area is 174 Å². The minimum atomic E-state index is 0.505. The first kappa shape index (κ1) is 20.4. The van der Waals surface area contributed by atoms with E-state index in [1.165, 1.54) is 0 Å². The van der Waals surface area contributed by atoms with Crippen LogP contribution >= 0.6 is 15.9 Å². The van der Waals surface area contributed by atoms with Gasteiger partial charge in [-0.1, -0.05) is 30.3 Å². The van der Waals surface area contributed by atoms with Gasteiger partial charge in [0.2, 0.25) is 0 Å². The number of benzene rings is 2. The molecule has 1 aromatic heterocycles. The quantitative estimate of drug-likeness (QED) is 0.432. The maximum absolute atomic E-state index is 6.04. The van der Waals surface area contributed by atoms with Gasteiger partial charge in [-0.05, 0) is 59.1 Å². The summed E-state index contributed by atoms with van der Waals surface area (Å²) in [6, 6.07) is 14.3. The summed E-state index contributed by atoms with van der Waals surface area (Å²) in [5, 5.41) is 3.49. The van der Waals surface area contributed by atoms with Crippen molar-refractivity contribution in [2.24, 2.45) is 0 Å². The average Bonchev–Trinajstić information content (AvgIpc) is 3.22. The van der Waals surface area contributed by atoms with Gasteiger partial charge in [0, 0.05) is 25.5 Å². The van der Waals surface area contributed by atoms with Gasteiger partial charge in [0.05, 0.1) is 17.4 Å². The Hall–Kier alpha value is -2.31. The lowest BCUT2D eigenvalue weighted by molar-refractivity contribution is 0.267. The molecule has 0 atom stereocenters. The van der Waals surface area contributed by atoms with E-state index >= 15 is 0 Å². The summed E-state index contributed by atoms with van der Waals surface area (Å²) in [5.74, 6) is 1.51. The maximum Gasteiger partial charge on any atom is 0.175 e. The highest BCUT2D eigenvalue weighted by Gasteiger charge is 2.12. The zero-order valence-electron chi connectivity index (χ0n) is 16.1. The van der Waals surface area contributed by atoms with E-state index in [1.807, 2.05) is 43.8 Å². The third-order valence-electron chi connectivity index (χ3n) is 4.25. The zero-order chi connectivity index (χ0) is 19.6. The van der Waals surface area contributed by atoms with E-state index < -0.39 is 0 Å². The Morgan fingerprint density at radius 1 is 1.11 bits per heavy atom.